The van der Waals surface area contributed by atoms with Crippen LogP contribution in [0.25, 0.3) is 11.3 Å². The zero-order valence-corrected chi connectivity index (χ0v) is 17.9. The van der Waals surface area contributed by atoms with E-state index >= 15 is 0 Å². The molecule has 8 nitrogen and oxygen atoms in total. The molecule has 1 spiro atoms. The minimum absolute atomic E-state index is 0.121. The van der Waals surface area contributed by atoms with Gasteiger partial charge in [0.15, 0.2) is 0 Å². The molecule has 1 aromatic carbocycles. The molecule has 0 bridgehead atoms. The van der Waals surface area contributed by atoms with Crippen LogP contribution in [0.2, 0.25) is 0 Å². The predicted octanol–water partition coefficient (Wildman–Crippen LogP) is 3.37. The van der Waals surface area contributed by atoms with Gasteiger partial charge >= 0.3 is 0 Å². The summed E-state index contributed by atoms with van der Waals surface area (Å²) in [6, 6.07) is 8.06. The highest BCUT2D eigenvalue weighted by Crippen LogP contribution is 2.52. The Hall–Kier alpha value is -3.33. The molecule has 2 aromatic rings. The van der Waals surface area contributed by atoms with Crippen molar-refractivity contribution in [3.63, 3.8) is 0 Å². The average molecular weight is 428 g/mol. The summed E-state index contributed by atoms with van der Waals surface area (Å²) < 4.78 is 5.29. The molecular formula is C24H24N6O2. The number of rotatable bonds is 3. The summed E-state index contributed by atoms with van der Waals surface area (Å²) in [6.45, 7) is 2.87. The fourth-order valence-corrected chi connectivity index (χ4v) is 5.23. The standard InChI is InChI=1S/C24H24N6O2/c1-14-24(5-2-3-6-24)18-9-15(8-16(10-25)22(18)28-14)21-17(11-26)12-27-23(30-21)29-19-4-7-32-13-20(19)31/h8-9,12,19-20,31H,2-7,13H2,1H3,(H,27,29,30)/t19-,20-/m1/s1. The molecule has 0 unspecified atom stereocenters. The van der Waals surface area contributed by atoms with E-state index in [1.54, 1.807) is 6.07 Å². The third-order valence-corrected chi connectivity index (χ3v) is 7.00. The molecule has 8 heteroatoms. The summed E-state index contributed by atoms with van der Waals surface area (Å²) in [5.41, 5.74) is 4.79. The van der Waals surface area contributed by atoms with Gasteiger partial charge in [-0.25, -0.2) is 9.97 Å². The number of hydrogen-bond donors (Lipinski definition) is 2. The summed E-state index contributed by atoms with van der Waals surface area (Å²) in [7, 11) is 0. The van der Waals surface area contributed by atoms with Crippen LogP contribution in [-0.2, 0) is 10.2 Å². The van der Waals surface area contributed by atoms with Crippen molar-refractivity contribution in [2.45, 2.75) is 56.6 Å². The van der Waals surface area contributed by atoms with E-state index in [2.05, 4.69) is 40.4 Å². The van der Waals surface area contributed by atoms with Gasteiger partial charge in [-0.05, 0) is 43.9 Å². The van der Waals surface area contributed by atoms with Crippen molar-refractivity contribution in [3.8, 4) is 23.4 Å². The number of benzene rings is 1. The first-order valence-corrected chi connectivity index (χ1v) is 11.0. The van der Waals surface area contributed by atoms with Crippen LogP contribution in [0.3, 0.4) is 0 Å². The second kappa shape index (κ2) is 7.98. The van der Waals surface area contributed by atoms with Gasteiger partial charge in [0.05, 0.1) is 47.5 Å². The quantitative estimate of drug-likeness (QED) is 0.767. The Kier molecular flexibility index (Phi) is 5.13. The molecule has 3 aliphatic rings. The molecule has 2 fully saturated rings. The summed E-state index contributed by atoms with van der Waals surface area (Å²) >= 11 is 0. The zero-order valence-electron chi connectivity index (χ0n) is 17.9. The lowest BCUT2D eigenvalue weighted by atomic mass is 9.75. The highest BCUT2D eigenvalue weighted by Gasteiger charge is 2.44. The summed E-state index contributed by atoms with van der Waals surface area (Å²) in [4.78, 5) is 13.7. The number of aliphatic imine (C=N–C) groups is 1. The molecule has 1 saturated heterocycles. The molecule has 2 aliphatic heterocycles. The molecule has 32 heavy (non-hydrogen) atoms. The Morgan fingerprint density at radius 2 is 1.97 bits per heavy atom. The first-order chi connectivity index (χ1) is 15.6. The lowest BCUT2D eigenvalue weighted by molar-refractivity contribution is -0.0136. The number of hydrogen-bond acceptors (Lipinski definition) is 8. The monoisotopic (exact) mass is 428 g/mol. The molecule has 1 aromatic heterocycles. The van der Waals surface area contributed by atoms with Crippen molar-refractivity contribution in [3.05, 3.63) is 35.0 Å². The number of aromatic nitrogens is 2. The van der Waals surface area contributed by atoms with Crippen LogP contribution >= 0.6 is 0 Å². The van der Waals surface area contributed by atoms with Crippen LogP contribution < -0.4 is 5.32 Å². The molecule has 162 valence electrons. The Morgan fingerprint density at radius 1 is 1.19 bits per heavy atom. The Labute approximate surface area is 186 Å². The van der Waals surface area contributed by atoms with Crippen LogP contribution in [0.4, 0.5) is 11.6 Å². The first-order valence-electron chi connectivity index (χ1n) is 11.0. The predicted molar refractivity (Wildman–Crippen MR) is 119 cm³/mol. The molecule has 2 atom stereocenters. The minimum Gasteiger partial charge on any atom is -0.389 e. The van der Waals surface area contributed by atoms with Gasteiger partial charge in [0.2, 0.25) is 5.95 Å². The largest absolute Gasteiger partial charge is 0.389 e. The fourth-order valence-electron chi connectivity index (χ4n) is 5.23. The number of aliphatic hydroxyl groups excluding tert-OH is 1. The van der Waals surface area contributed by atoms with Gasteiger partial charge in [-0.3, -0.25) is 4.99 Å². The van der Waals surface area contributed by atoms with Crippen molar-refractivity contribution in [1.29, 1.82) is 10.5 Å². The van der Waals surface area contributed by atoms with Crippen molar-refractivity contribution in [1.82, 2.24) is 9.97 Å². The maximum atomic E-state index is 10.2. The van der Waals surface area contributed by atoms with Gasteiger partial charge in [0.25, 0.3) is 0 Å². The highest BCUT2D eigenvalue weighted by molar-refractivity contribution is 6.02. The summed E-state index contributed by atoms with van der Waals surface area (Å²) in [5, 5.41) is 32.9. The third-order valence-electron chi connectivity index (χ3n) is 7.00. The van der Waals surface area contributed by atoms with Gasteiger partial charge in [-0.15, -0.1) is 0 Å². The van der Waals surface area contributed by atoms with E-state index in [-0.39, 0.29) is 18.1 Å². The topological polar surface area (TPSA) is 127 Å². The SMILES string of the molecule is CC1=Nc2c(C#N)cc(-c3nc(N[C@@H]4CCOC[C@H]4O)ncc3C#N)cc2C12CCCC2. The second-order valence-electron chi connectivity index (χ2n) is 8.77. The maximum absolute atomic E-state index is 10.2. The lowest BCUT2D eigenvalue weighted by Gasteiger charge is -2.28. The number of nitrogens with one attached hydrogen (secondary N) is 1. The molecular weight excluding hydrogens is 404 g/mol. The van der Waals surface area contributed by atoms with Crippen molar-refractivity contribution in [2.24, 2.45) is 4.99 Å². The van der Waals surface area contributed by atoms with Crippen LogP contribution in [0, 0.1) is 22.7 Å². The van der Waals surface area contributed by atoms with Gasteiger partial charge in [0, 0.05) is 23.3 Å². The molecule has 1 aliphatic carbocycles. The van der Waals surface area contributed by atoms with Crippen LogP contribution in [0.15, 0.2) is 23.3 Å². The van der Waals surface area contributed by atoms with E-state index in [9.17, 15) is 15.6 Å². The summed E-state index contributed by atoms with van der Waals surface area (Å²) in [5.74, 6) is 0.340. The van der Waals surface area contributed by atoms with Gasteiger partial charge in [-0.2, -0.15) is 10.5 Å². The molecule has 5 rings (SSSR count). The van der Waals surface area contributed by atoms with Gasteiger partial charge < -0.3 is 15.2 Å². The second-order valence-corrected chi connectivity index (χ2v) is 8.77. The van der Waals surface area contributed by atoms with E-state index in [0.717, 1.165) is 42.6 Å². The van der Waals surface area contributed by atoms with Crippen LogP contribution in [-0.4, -0.2) is 46.1 Å². The highest BCUT2D eigenvalue weighted by atomic mass is 16.5. The smallest absolute Gasteiger partial charge is 0.223 e. The number of fused-ring (bicyclic) bond motifs is 2. The first kappa shape index (κ1) is 20.6. The maximum Gasteiger partial charge on any atom is 0.223 e. The normalized spacial score (nSPS) is 23.3. The van der Waals surface area contributed by atoms with E-state index in [4.69, 9.17) is 9.73 Å². The van der Waals surface area contributed by atoms with Crippen LogP contribution in [0.5, 0.6) is 0 Å². The van der Waals surface area contributed by atoms with Crippen LogP contribution in [0.1, 0.15) is 55.7 Å². The van der Waals surface area contributed by atoms with E-state index in [1.165, 1.54) is 6.20 Å². The van der Waals surface area contributed by atoms with E-state index in [0.29, 0.717) is 41.4 Å². The molecule has 2 N–H and O–H groups in total. The van der Waals surface area contributed by atoms with Crippen molar-refractivity contribution < 1.29 is 9.84 Å². The molecule has 0 radical (unpaired) electrons. The van der Waals surface area contributed by atoms with Crippen molar-refractivity contribution in [2.75, 3.05) is 18.5 Å². The van der Waals surface area contributed by atoms with E-state index < -0.39 is 6.10 Å². The number of anilines is 1. The molecule has 0 amide bonds. The molecule has 3 heterocycles. The number of ether oxygens (including phenoxy) is 1. The average Bonchev–Trinajstić information content (AvgIpc) is 3.41. The Morgan fingerprint density at radius 3 is 2.69 bits per heavy atom. The van der Waals surface area contributed by atoms with E-state index in [1.807, 2.05) is 0 Å². The number of aliphatic hydroxyl groups is 1. The summed E-state index contributed by atoms with van der Waals surface area (Å²) in [6.07, 6.45) is 5.78. The zero-order chi connectivity index (χ0) is 22.3. The number of nitrogens with zero attached hydrogens (tertiary/aromatic N) is 5. The molecule has 1 saturated carbocycles. The Balaban J connectivity index is 1.59. The lowest BCUT2D eigenvalue weighted by Crippen LogP contribution is -2.42. The van der Waals surface area contributed by atoms with Gasteiger partial charge in [-0.1, -0.05) is 12.8 Å². The third kappa shape index (κ3) is 3.24. The van der Waals surface area contributed by atoms with Crippen molar-refractivity contribution >= 4 is 17.3 Å². The number of nitriles is 2. The fraction of sp³-hybridized carbons (Fsp3) is 0.458. The van der Waals surface area contributed by atoms with Gasteiger partial charge in [0.1, 0.15) is 12.1 Å². The minimum atomic E-state index is -0.654. The Bertz CT molecular complexity index is 1190.